The van der Waals surface area contributed by atoms with Gasteiger partial charge in [-0.2, -0.15) is 0 Å². The molecule has 0 aliphatic heterocycles. The van der Waals surface area contributed by atoms with Crippen LogP contribution in [-0.4, -0.2) is 27.8 Å². The van der Waals surface area contributed by atoms with Gasteiger partial charge in [0.15, 0.2) is 0 Å². The second kappa shape index (κ2) is 10.6. The van der Waals surface area contributed by atoms with Gasteiger partial charge in [-0.3, -0.25) is 9.59 Å². The number of nitrogens with zero attached hydrogens (tertiary/aromatic N) is 1. The lowest BCUT2D eigenvalue weighted by Gasteiger charge is -2.18. The predicted molar refractivity (Wildman–Crippen MR) is 149 cm³/mol. The number of aromatic nitrogens is 2. The number of halogens is 4. The number of imidazole rings is 1. The van der Waals surface area contributed by atoms with Crippen LogP contribution >= 0.6 is 46.4 Å². The van der Waals surface area contributed by atoms with Crippen molar-refractivity contribution in [3.8, 4) is 11.4 Å². The molecule has 0 spiro atoms. The lowest BCUT2D eigenvalue weighted by molar-refractivity contribution is 0.0943. The Balaban J connectivity index is 1.26. The Bertz CT molecular complexity index is 1510. The zero-order chi connectivity index (χ0) is 26.1. The highest BCUT2D eigenvalue weighted by Crippen LogP contribution is 2.27. The van der Waals surface area contributed by atoms with Crippen LogP contribution in [0.3, 0.4) is 0 Å². The van der Waals surface area contributed by atoms with Gasteiger partial charge in [-0.1, -0.05) is 58.5 Å². The Hall–Kier alpha value is -3.29. The topological polar surface area (TPSA) is 86.9 Å². The lowest BCUT2D eigenvalue weighted by Crippen LogP contribution is -2.36. The van der Waals surface area contributed by atoms with Gasteiger partial charge in [0.25, 0.3) is 11.8 Å². The molecule has 10 heteroatoms. The monoisotopic (exact) mass is 570 g/mol. The summed E-state index contributed by atoms with van der Waals surface area (Å²) in [6.07, 6.45) is 4.28. The molecule has 1 aliphatic carbocycles. The summed E-state index contributed by atoms with van der Waals surface area (Å²) >= 11 is 24.3. The van der Waals surface area contributed by atoms with E-state index in [1.54, 1.807) is 48.5 Å². The SMILES string of the molecule is O=C(Nc1ccc(-c2nc3c([nH]2)CC(NC(=O)c2c(Cl)cccc2Cl)C=C3)cc1)c1cc(Cl)cc(Cl)c1. The number of rotatable bonds is 5. The maximum atomic E-state index is 12.7. The summed E-state index contributed by atoms with van der Waals surface area (Å²) in [6, 6.07) is 16.6. The summed E-state index contributed by atoms with van der Waals surface area (Å²) in [5.41, 5.74) is 3.76. The summed E-state index contributed by atoms with van der Waals surface area (Å²) in [5, 5.41) is 7.15. The van der Waals surface area contributed by atoms with Crippen LogP contribution in [0.2, 0.25) is 20.1 Å². The number of carbonyl (C=O) groups excluding carboxylic acids is 2. The average Bonchev–Trinajstić information content (AvgIpc) is 3.27. The third-order valence-electron chi connectivity index (χ3n) is 5.77. The molecule has 1 unspecified atom stereocenters. The van der Waals surface area contributed by atoms with Gasteiger partial charge >= 0.3 is 0 Å². The van der Waals surface area contributed by atoms with E-state index in [0.717, 1.165) is 17.0 Å². The van der Waals surface area contributed by atoms with E-state index in [4.69, 9.17) is 46.4 Å². The zero-order valence-electron chi connectivity index (χ0n) is 19.0. The van der Waals surface area contributed by atoms with Crippen LogP contribution in [0.1, 0.15) is 32.1 Å². The van der Waals surface area contributed by atoms with E-state index in [9.17, 15) is 9.59 Å². The van der Waals surface area contributed by atoms with Gasteiger partial charge in [0.1, 0.15) is 5.82 Å². The van der Waals surface area contributed by atoms with Gasteiger partial charge in [0.05, 0.1) is 27.3 Å². The first-order valence-corrected chi connectivity index (χ1v) is 12.7. The summed E-state index contributed by atoms with van der Waals surface area (Å²) in [7, 11) is 0. The molecule has 0 saturated carbocycles. The van der Waals surface area contributed by atoms with Crippen LogP contribution in [0.4, 0.5) is 5.69 Å². The average molecular weight is 572 g/mol. The molecule has 5 rings (SSSR count). The number of hydrogen-bond donors (Lipinski definition) is 3. The van der Waals surface area contributed by atoms with Crippen molar-refractivity contribution in [2.75, 3.05) is 5.32 Å². The molecule has 1 heterocycles. The van der Waals surface area contributed by atoms with E-state index in [-0.39, 0.29) is 23.4 Å². The lowest BCUT2D eigenvalue weighted by atomic mass is 10.0. The van der Waals surface area contributed by atoms with Crippen LogP contribution in [-0.2, 0) is 6.42 Å². The molecule has 0 radical (unpaired) electrons. The molecule has 3 aromatic carbocycles. The van der Waals surface area contributed by atoms with Crippen LogP contribution in [0, 0.1) is 0 Å². The van der Waals surface area contributed by atoms with Crippen LogP contribution in [0.15, 0.2) is 66.7 Å². The highest BCUT2D eigenvalue weighted by molar-refractivity contribution is 6.39. The number of fused-ring (bicyclic) bond motifs is 1. The van der Waals surface area contributed by atoms with E-state index < -0.39 is 0 Å². The molecule has 1 atom stereocenters. The Labute approximate surface area is 232 Å². The summed E-state index contributed by atoms with van der Waals surface area (Å²) in [4.78, 5) is 33.3. The number of carbonyl (C=O) groups is 2. The summed E-state index contributed by atoms with van der Waals surface area (Å²) in [5.74, 6) is 0.0170. The Morgan fingerprint density at radius 3 is 2.24 bits per heavy atom. The molecule has 1 aromatic heterocycles. The fourth-order valence-corrected chi connectivity index (χ4v) is 5.10. The number of amides is 2. The van der Waals surface area contributed by atoms with Gasteiger partial charge in [-0.05, 0) is 60.7 Å². The number of hydrogen-bond acceptors (Lipinski definition) is 3. The minimum atomic E-state index is -0.342. The largest absolute Gasteiger partial charge is 0.345 e. The molecule has 186 valence electrons. The number of benzene rings is 3. The van der Waals surface area contributed by atoms with Crippen molar-refractivity contribution < 1.29 is 9.59 Å². The van der Waals surface area contributed by atoms with Crippen molar-refractivity contribution in [2.45, 2.75) is 12.5 Å². The molecule has 6 nitrogen and oxygen atoms in total. The second-order valence-electron chi connectivity index (χ2n) is 8.38. The Kier molecular flexibility index (Phi) is 7.26. The summed E-state index contributed by atoms with van der Waals surface area (Å²) < 4.78 is 0. The third kappa shape index (κ3) is 5.68. The zero-order valence-corrected chi connectivity index (χ0v) is 22.0. The molecule has 0 fully saturated rings. The normalized spacial score (nSPS) is 14.2. The van der Waals surface area contributed by atoms with Crippen molar-refractivity contribution in [1.82, 2.24) is 15.3 Å². The molecule has 37 heavy (non-hydrogen) atoms. The predicted octanol–water partition coefficient (Wildman–Crippen LogP) is 7.31. The number of anilines is 1. The molecule has 3 N–H and O–H groups in total. The highest BCUT2D eigenvalue weighted by Gasteiger charge is 2.22. The van der Waals surface area contributed by atoms with Crippen molar-refractivity contribution in [3.05, 3.63) is 109 Å². The minimum Gasteiger partial charge on any atom is -0.345 e. The molecule has 4 aromatic rings. The van der Waals surface area contributed by atoms with E-state index in [1.165, 1.54) is 0 Å². The maximum absolute atomic E-state index is 12.7. The van der Waals surface area contributed by atoms with Gasteiger partial charge in [0, 0.05) is 39.0 Å². The molecular formula is C27H18Cl4N4O2. The van der Waals surface area contributed by atoms with Gasteiger partial charge < -0.3 is 15.6 Å². The second-order valence-corrected chi connectivity index (χ2v) is 10.1. The molecular weight excluding hydrogens is 554 g/mol. The fourth-order valence-electron chi connectivity index (χ4n) is 4.00. The van der Waals surface area contributed by atoms with E-state index >= 15 is 0 Å². The first-order chi connectivity index (χ1) is 17.8. The van der Waals surface area contributed by atoms with E-state index in [1.807, 2.05) is 24.3 Å². The van der Waals surface area contributed by atoms with Crippen molar-refractivity contribution in [1.29, 1.82) is 0 Å². The number of nitrogens with one attached hydrogen (secondary N) is 3. The van der Waals surface area contributed by atoms with Crippen molar-refractivity contribution >= 4 is 70.0 Å². The standard InChI is InChI=1S/C27H18Cl4N4O2/c28-16-10-15(11-17(29)12-16)26(36)32-18-6-4-14(5-7-18)25-34-22-9-8-19(13-23(22)35-25)33-27(37)24-20(30)2-1-3-21(24)31/h1-12,19H,13H2,(H,32,36)(H,33,37)(H,34,35). The molecule has 1 aliphatic rings. The Morgan fingerprint density at radius 1 is 0.892 bits per heavy atom. The summed E-state index contributed by atoms with van der Waals surface area (Å²) in [6.45, 7) is 0. The maximum Gasteiger partial charge on any atom is 0.255 e. The molecule has 0 saturated heterocycles. The fraction of sp³-hybridized carbons (Fsp3) is 0.0741. The highest BCUT2D eigenvalue weighted by atomic mass is 35.5. The quantitative estimate of drug-likeness (QED) is 0.235. The minimum absolute atomic E-state index is 0.251. The molecule has 0 bridgehead atoms. The third-order valence-corrected chi connectivity index (χ3v) is 6.83. The van der Waals surface area contributed by atoms with E-state index in [2.05, 4.69) is 20.6 Å². The smallest absolute Gasteiger partial charge is 0.255 e. The van der Waals surface area contributed by atoms with Crippen molar-refractivity contribution in [3.63, 3.8) is 0 Å². The van der Waals surface area contributed by atoms with Crippen LogP contribution in [0.25, 0.3) is 17.5 Å². The Morgan fingerprint density at radius 2 is 1.57 bits per heavy atom. The van der Waals surface area contributed by atoms with Crippen molar-refractivity contribution in [2.24, 2.45) is 0 Å². The first kappa shape index (κ1) is 25.4. The number of aromatic amines is 1. The number of H-pyrrole nitrogens is 1. The van der Waals surface area contributed by atoms with Gasteiger partial charge in [-0.15, -0.1) is 0 Å². The van der Waals surface area contributed by atoms with E-state index in [0.29, 0.717) is 43.6 Å². The first-order valence-electron chi connectivity index (χ1n) is 11.2. The van der Waals surface area contributed by atoms with Gasteiger partial charge in [0.2, 0.25) is 0 Å². The van der Waals surface area contributed by atoms with Crippen LogP contribution < -0.4 is 10.6 Å². The van der Waals surface area contributed by atoms with Crippen LogP contribution in [0.5, 0.6) is 0 Å². The van der Waals surface area contributed by atoms with Gasteiger partial charge in [-0.25, -0.2) is 4.98 Å². The molecule has 2 amide bonds.